The molecule has 1 aromatic rings. The van der Waals surface area contributed by atoms with E-state index in [0.29, 0.717) is 0 Å². The third kappa shape index (κ3) is 1.81. The lowest BCUT2D eigenvalue weighted by molar-refractivity contribution is -0.121. The highest BCUT2D eigenvalue weighted by atomic mass is 16.1. The van der Waals surface area contributed by atoms with Gasteiger partial charge >= 0.3 is 0 Å². The standard InChI is InChI=1S/C9H12N2O/c1-7(9(12)10-2)8-4-3-5-11-6-8/h3-7H,1-2H3,(H,10,12). The molecule has 0 aromatic carbocycles. The maximum Gasteiger partial charge on any atom is 0.227 e. The number of likely N-dealkylation sites (N-methyl/N-ethyl adjacent to an activating group) is 1. The number of carbonyl (C=O) groups is 1. The van der Waals surface area contributed by atoms with Crippen LogP contribution in [0.1, 0.15) is 18.4 Å². The van der Waals surface area contributed by atoms with E-state index < -0.39 is 0 Å². The van der Waals surface area contributed by atoms with E-state index in [9.17, 15) is 4.79 Å². The van der Waals surface area contributed by atoms with Crippen molar-refractivity contribution in [2.75, 3.05) is 7.05 Å². The fourth-order valence-corrected chi connectivity index (χ4v) is 1.000. The van der Waals surface area contributed by atoms with Gasteiger partial charge in [0.15, 0.2) is 0 Å². The molecule has 1 rings (SSSR count). The van der Waals surface area contributed by atoms with Crippen molar-refractivity contribution in [2.24, 2.45) is 0 Å². The molecule has 1 heterocycles. The zero-order valence-electron chi connectivity index (χ0n) is 7.24. The molecule has 64 valence electrons. The highest BCUT2D eigenvalue weighted by Crippen LogP contribution is 2.12. The topological polar surface area (TPSA) is 42.0 Å². The van der Waals surface area contributed by atoms with Crippen LogP contribution >= 0.6 is 0 Å². The minimum Gasteiger partial charge on any atom is -0.359 e. The smallest absolute Gasteiger partial charge is 0.227 e. The summed E-state index contributed by atoms with van der Waals surface area (Å²) in [6.45, 7) is 1.86. The van der Waals surface area contributed by atoms with Crippen LogP contribution in [0.5, 0.6) is 0 Å². The van der Waals surface area contributed by atoms with Crippen LogP contribution in [0, 0.1) is 0 Å². The van der Waals surface area contributed by atoms with Crippen LogP contribution in [-0.4, -0.2) is 17.9 Å². The van der Waals surface area contributed by atoms with E-state index in [-0.39, 0.29) is 11.8 Å². The van der Waals surface area contributed by atoms with Crippen LogP contribution in [0.15, 0.2) is 24.5 Å². The first-order valence-electron chi connectivity index (χ1n) is 3.87. The van der Waals surface area contributed by atoms with Crippen molar-refractivity contribution in [3.05, 3.63) is 30.1 Å². The number of carbonyl (C=O) groups excluding carboxylic acids is 1. The number of nitrogens with zero attached hydrogens (tertiary/aromatic N) is 1. The molecule has 1 amide bonds. The lowest BCUT2D eigenvalue weighted by Crippen LogP contribution is -2.23. The lowest BCUT2D eigenvalue weighted by atomic mass is 10.0. The van der Waals surface area contributed by atoms with E-state index in [4.69, 9.17) is 0 Å². The van der Waals surface area contributed by atoms with Gasteiger partial charge in [-0.05, 0) is 18.6 Å². The molecule has 1 aromatic heterocycles. The Kier molecular flexibility index (Phi) is 2.80. The van der Waals surface area contributed by atoms with Gasteiger partial charge in [-0.25, -0.2) is 0 Å². The van der Waals surface area contributed by atoms with Crippen molar-refractivity contribution < 1.29 is 4.79 Å². The average Bonchev–Trinajstić information content (AvgIpc) is 2.17. The Labute approximate surface area is 71.8 Å². The number of nitrogens with one attached hydrogen (secondary N) is 1. The number of pyridine rings is 1. The fraction of sp³-hybridized carbons (Fsp3) is 0.333. The summed E-state index contributed by atoms with van der Waals surface area (Å²) in [5, 5.41) is 2.60. The highest BCUT2D eigenvalue weighted by Gasteiger charge is 2.12. The second kappa shape index (κ2) is 3.85. The zero-order valence-corrected chi connectivity index (χ0v) is 7.24. The summed E-state index contributed by atoms with van der Waals surface area (Å²) in [6.07, 6.45) is 3.40. The fourth-order valence-electron chi connectivity index (χ4n) is 1.000. The maximum atomic E-state index is 11.2. The Morgan fingerprint density at radius 2 is 2.42 bits per heavy atom. The van der Waals surface area contributed by atoms with Crippen molar-refractivity contribution in [1.82, 2.24) is 10.3 Å². The van der Waals surface area contributed by atoms with Gasteiger partial charge < -0.3 is 5.32 Å². The zero-order chi connectivity index (χ0) is 8.97. The minimum absolute atomic E-state index is 0.0167. The predicted octanol–water partition coefficient (Wildman–Crippen LogP) is 0.931. The molecule has 1 unspecified atom stereocenters. The highest BCUT2D eigenvalue weighted by molar-refractivity contribution is 5.82. The van der Waals surface area contributed by atoms with Gasteiger partial charge in [0.05, 0.1) is 5.92 Å². The van der Waals surface area contributed by atoms with Gasteiger partial charge in [0.25, 0.3) is 0 Å². The summed E-state index contributed by atoms with van der Waals surface area (Å²) in [5.41, 5.74) is 0.942. The molecule has 0 aliphatic carbocycles. The number of aromatic nitrogens is 1. The van der Waals surface area contributed by atoms with Crippen molar-refractivity contribution in [3.63, 3.8) is 0 Å². The molecule has 1 atom stereocenters. The Balaban J connectivity index is 2.78. The molecular weight excluding hydrogens is 152 g/mol. The molecule has 12 heavy (non-hydrogen) atoms. The number of hydrogen-bond donors (Lipinski definition) is 1. The molecule has 3 heteroatoms. The number of hydrogen-bond acceptors (Lipinski definition) is 2. The summed E-state index contributed by atoms with van der Waals surface area (Å²) >= 11 is 0. The molecule has 0 spiro atoms. The maximum absolute atomic E-state index is 11.2. The van der Waals surface area contributed by atoms with Crippen molar-refractivity contribution in [1.29, 1.82) is 0 Å². The Morgan fingerprint density at radius 3 is 2.92 bits per heavy atom. The van der Waals surface area contributed by atoms with E-state index in [1.54, 1.807) is 19.4 Å². The van der Waals surface area contributed by atoms with Gasteiger partial charge in [-0.2, -0.15) is 0 Å². The molecule has 1 N–H and O–H groups in total. The third-order valence-corrected chi connectivity index (χ3v) is 1.82. The summed E-state index contributed by atoms with van der Waals surface area (Å²) in [6, 6.07) is 3.72. The third-order valence-electron chi connectivity index (χ3n) is 1.82. The predicted molar refractivity (Wildman–Crippen MR) is 46.7 cm³/mol. The van der Waals surface area contributed by atoms with Crippen molar-refractivity contribution in [3.8, 4) is 0 Å². The second-order valence-electron chi connectivity index (χ2n) is 2.62. The first-order chi connectivity index (χ1) is 5.75. The summed E-state index contributed by atoms with van der Waals surface area (Å²) < 4.78 is 0. The van der Waals surface area contributed by atoms with E-state index in [0.717, 1.165) is 5.56 Å². The van der Waals surface area contributed by atoms with Crippen LogP contribution in [0.25, 0.3) is 0 Å². The Morgan fingerprint density at radius 1 is 1.67 bits per heavy atom. The van der Waals surface area contributed by atoms with Gasteiger partial charge in [-0.15, -0.1) is 0 Å². The van der Waals surface area contributed by atoms with E-state index >= 15 is 0 Å². The Bertz CT molecular complexity index is 258. The first kappa shape index (κ1) is 8.71. The molecule has 0 radical (unpaired) electrons. The van der Waals surface area contributed by atoms with Crippen molar-refractivity contribution >= 4 is 5.91 Å². The summed E-state index contributed by atoms with van der Waals surface area (Å²) in [7, 11) is 1.63. The first-order valence-corrected chi connectivity index (χ1v) is 3.87. The molecular formula is C9H12N2O. The Hall–Kier alpha value is -1.38. The van der Waals surface area contributed by atoms with Crippen LogP contribution in [0.3, 0.4) is 0 Å². The quantitative estimate of drug-likeness (QED) is 0.706. The molecule has 0 aliphatic heterocycles. The molecule has 0 saturated heterocycles. The summed E-state index contributed by atoms with van der Waals surface area (Å²) in [4.78, 5) is 15.1. The lowest BCUT2D eigenvalue weighted by Gasteiger charge is -2.08. The number of amides is 1. The van der Waals surface area contributed by atoms with E-state index in [2.05, 4.69) is 10.3 Å². The molecule has 0 bridgehead atoms. The van der Waals surface area contributed by atoms with E-state index in [1.165, 1.54) is 0 Å². The largest absolute Gasteiger partial charge is 0.359 e. The second-order valence-corrected chi connectivity index (χ2v) is 2.62. The van der Waals surface area contributed by atoms with Gasteiger partial charge in [0, 0.05) is 19.4 Å². The molecule has 3 nitrogen and oxygen atoms in total. The van der Waals surface area contributed by atoms with Gasteiger partial charge in [0.1, 0.15) is 0 Å². The minimum atomic E-state index is -0.122. The normalized spacial score (nSPS) is 12.2. The van der Waals surface area contributed by atoms with Gasteiger partial charge in [-0.1, -0.05) is 6.07 Å². The molecule has 0 fully saturated rings. The SMILES string of the molecule is CNC(=O)C(C)c1cccnc1. The molecule has 0 saturated carbocycles. The molecule has 0 aliphatic rings. The summed E-state index contributed by atoms with van der Waals surface area (Å²) in [5.74, 6) is -0.105. The monoisotopic (exact) mass is 164 g/mol. The number of rotatable bonds is 2. The van der Waals surface area contributed by atoms with E-state index in [1.807, 2.05) is 19.1 Å². The van der Waals surface area contributed by atoms with Crippen LogP contribution in [-0.2, 0) is 4.79 Å². The van der Waals surface area contributed by atoms with Crippen LogP contribution < -0.4 is 5.32 Å². The van der Waals surface area contributed by atoms with Crippen LogP contribution in [0.4, 0.5) is 0 Å². The van der Waals surface area contributed by atoms with Gasteiger partial charge in [-0.3, -0.25) is 9.78 Å². The van der Waals surface area contributed by atoms with Gasteiger partial charge in [0.2, 0.25) is 5.91 Å². The average molecular weight is 164 g/mol. The van der Waals surface area contributed by atoms with Crippen LogP contribution in [0.2, 0.25) is 0 Å². The van der Waals surface area contributed by atoms with Crippen molar-refractivity contribution in [2.45, 2.75) is 12.8 Å².